The molecule has 0 aromatic heterocycles. The predicted molar refractivity (Wildman–Crippen MR) is 63.1 cm³/mol. The maximum absolute atomic E-state index is 12.1. The van der Waals surface area contributed by atoms with Gasteiger partial charge >= 0.3 is 6.03 Å². The van der Waals surface area contributed by atoms with Crippen LogP contribution in [0.1, 0.15) is 6.92 Å². The second kappa shape index (κ2) is 5.54. The van der Waals surface area contributed by atoms with E-state index in [9.17, 15) is 14.4 Å². The summed E-state index contributed by atoms with van der Waals surface area (Å²) >= 11 is 0. The summed E-state index contributed by atoms with van der Waals surface area (Å²) in [4.78, 5) is 37.2. The van der Waals surface area contributed by atoms with Crippen molar-refractivity contribution < 1.29 is 24.2 Å². The normalized spacial score (nSPS) is 27.7. The molecule has 2 saturated heterocycles. The Bertz CT molecular complexity index is 384. The molecule has 0 aromatic carbocycles. The Hall–Kier alpha value is -1.67. The molecule has 0 aliphatic carbocycles. The molecule has 0 saturated carbocycles. The first-order valence-electron chi connectivity index (χ1n) is 6.13. The van der Waals surface area contributed by atoms with Crippen molar-refractivity contribution in [1.82, 2.24) is 15.1 Å². The van der Waals surface area contributed by atoms with Gasteiger partial charge in [-0.3, -0.25) is 14.5 Å². The number of nitrogens with zero attached hydrogens (tertiary/aromatic N) is 2. The van der Waals surface area contributed by atoms with Crippen molar-refractivity contribution in [2.45, 2.75) is 19.1 Å². The highest BCUT2D eigenvalue weighted by Crippen LogP contribution is 2.12. The first-order valence-corrected chi connectivity index (χ1v) is 6.13. The van der Waals surface area contributed by atoms with Crippen LogP contribution in [0.3, 0.4) is 0 Å². The largest absolute Gasteiger partial charge is 0.394 e. The Morgan fingerprint density at radius 1 is 1.47 bits per heavy atom. The lowest BCUT2D eigenvalue weighted by Gasteiger charge is -2.36. The number of carbonyl (C=O) groups is 3. The van der Waals surface area contributed by atoms with Crippen molar-refractivity contribution in [2.24, 2.45) is 0 Å². The van der Waals surface area contributed by atoms with Gasteiger partial charge in [-0.2, -0.15) is 0 Å². The van der Waals surface area contributed by atoms with E-state index in [1.165, 1.54) is 4.90 Å². The zero-order valence-corrected chi connectivity index (χ0v) is 10.7. The second-order valence-electron chi connectivity index (χ2n) is 4.69. The van der Waals surface area contributed by atoms with E-state index in [0.29, 0.717) is 6.54 Å². The fraction of sp³-hybridized carbons (Fsp3) is 0.727. The third-order valence-corrected chi connectivity index (χ3v) is 3.11. The topological polar surface area (TPSA) is 99.2 Å². The van der Waals surface area contributed by atoms with E-state index in [2.05, 4.69) is 5.32 Å². The quantitative estimate of drug-likeness (QED) is 0.587. The van der Waals surface area contributed by atoms with Gasteiger partial charge in [-0.25, -0.2) is 4.79 Å². The van der Waals surface area contributed by atoms with Gasteiger partial charge in [0.25, 0.3) is 5.91 Å². The first kappa shape index (κ1) is 13.8. The van der Waals surface area contributed by atoms with Gasteiger partial charge in [0.05, 0.1) is 25.4 Å². The highest BCUT2D eigenvalue weighted by Gasteiger charge is 2.34. The minimum atomic E-state index is -0.543. The number of carbonyl (C=O) groups excluding carboxylic acids is 3. The molecule has 106 valence electrons. The van der Waals surface area contributed by atoms with Gasteiger partial charge in [0.1, 0.15) is 6.54 Å². The summed E-state index contributed by atoms with van der Waals surface area (Å²) in [5.41, 5.74) is 0. The van der Waals surface area contributed by atoms with Gasteiger partial charge in [-0.05, 0) is 6.92 Å². The van der Waals surface area contributed by atoms with Crippen LogP contribution in [0, 0.1) is 0 Å². The van der Waals surface area contributed by atoms with E-state index >= 15 is 0 Å². The molecule has 4 amide bonds. The first-order chi connectivity index (χ1) is 9.01. The lowest BCUT2D eigenvalue weighted by Crippen LogP contribution is -2.53. The zero-order chi connectivity index (χ0) is 14.0. The molecule has 0 spiro atoms. The molecule has 2 fully saturated rings. The summed E-state index contributed by atoms with van der Waals surface area (Å²) in [7, 11) is 0. The smallest absolute Gasteiger partial charge is 0.325 e. The number of nitrogens with one attached hydrogen (secondary N) is 1. The van der Waals surface area contributed by atoms with E-state index in [1.54, 1.807) is 6.92 Å². The fourth-order valence-corrected chi connectivity index (χ4v) is 2.20. The molecular weight excluding hydrogens is 254 g/mol. The number of imide groups is 1. The van der Waals surface area contributed by atoms with Crippen LogP contribution in [0.5, 0.6) is 0 Å². The molecule has 0 radical (unpaired) electrons. The van der Waals surface area contributed by atoms with Crippen molar-refractivity contribution >= 4 is 17.8 Å². The monoisotopic (exact) mass is 271 g/mol. The molecular formula is C11H17N3O5. The molecule has 19 heavy (non-hydrogen) atoms. The van der Waals surface area contributed by atoms with Crippen molar-refractivity contribution in [2.75, 3.05) is 32.8 Å². The molecule has 2 aliphatic rings. The Kier molecular flexibility index (Phi) is 4.01. The number of rotatable bonds is 3. The number of ether oxygens (including phenoxy) is 1. The van der Waals surface area contributed by atoms with Crippen LogP contribution in [0.25, 0.3) is 0 Å². The summed E-state index contributed by atoms with van der Waals surface area (Å²) in [5, 5.41) is 11.4. The van der Waals surface area contributed by atoms with Gasteiger partial charge < -0.3 is 20.1 Å². The molecule has 2 heterocycles. The third-order valence-electron chi connectivity index (χ3n) is 3.11. The Morgan fingerprint density at radius 3 is 2.79 bits per heavy atom. The van der Waals surface area contributed by atoms with Crippen LogP contribution < -0.4 is 5.32 Å². The van der Waals surface area contributed by atoms with Crippen LogP contribution in [-0.2, 0) is 14.3 Å². The highest BCUT2D eigenvalue weighted by molar-refractivity contribution is 6.04. The predicted octanol–water partition coefficient (Wildman–Crippen LogP) is -1.85. The Balaban J connectivity index is 1.95. The summed E-state index contributed by atoms with van der Waals surface area (Å²) < 4.78 is 5.42. The number of aliphatic hydroxyl groups is 1. The summed E-state index contributed by atoms with van der Waals surface area (Å²) in [6.45, 7) is 1.95. The second-order valence-corrected chi connectivity index (χ2v) is 4.69. The van der Waals surface area contributed by atoms with E-state index in [1.807, 2.05) is 0 Å². The zero-order valence-electron chi connectivity index (χ0n) is 10.7. The maximum Gasteiger partial charge on any atom is 0.325 e. The van der Waals surface area contributed by atoms with Gasteiger partial charge in [-0.15, -0.1) is 0 Å². The summed E-state index contributed by atoms with van der Waals surface area (Å²) in [6.07, 6.45) is -0.603. The van der Waals surface area contributed by atoms with Gasteiger partial charge in [0.15, 0.2) is 0 Å². The number of hydrogen-bond donors (Lipinski definition) is 2. The van der Waals surface area contributed by atoms with Gasteiger partial charge in [0, 0.05) is 13.1 Å². The van der Waals surface area contributed by atoms with Gasteiger partial charge in [-0.1, -0.05) is 0 Å². The molecule has 2 rings (SSSR count). The molecule has 2 atom stereocenters. The van der Waals surface area contributed by atoms with Crippen LogP contribution in [0.4, 0.5) is 4.79 Å². The molecule has 8 nitrogen and oxygen atoms in total. The molecule has 0 aromatic rings. The number of aliphatic hydroxyl groups excluding tert-OH is 1. The summed E-state index contributed by atoms with van der Waals surface area (Å²) in [6, 6.07) is -0.543. The Morgan fingerprint density at radius 2 is 2.21 bits per heavy atom. The number of amides is 4. The maximum atomic E-state index is 12.1. The molecule has 2 unspecified atom stereocenters. The van der Waals surface area contributed by atoms with E-state index in [-0.39, 0.29) is 38.3 Å². The minimum absolute atomic E-state index is 0.0646. The lowest BCUT2D eigenvalue weighted by atomic mass is 10.2. The van der Waals surface area contributed by atoms with Crippen molar-refractivity contribution in [3.8, 4) is 0 Å². The number of urea groups is 1. The fourth-order valence-electron chi connectivity index (χ4n) is 2.20. The molecule has 8 heteroatoms. The van der Waals surface area contributed by atoms with Crippen LogP contribution in [0.15, 0.2) is 0 Å². The molecule has 2 aliphatic heterocycles. The van der Waals surface area contributed by atoms with Crippen molar-refractivity contribution in [3.63, 3.8) is 0 Å². The average Bonchev–Trinajstić information content (AvgIpc) is 2.69. The Labute approximate surface area is 110 Å². The van der Waals surface area contributed by atoms with E-state index < -0.39 is 18.0 Å². The third kappa shape index (κ3) is 3.02. The SMILES string of the molecule is CC1CN(C(=O)CN2C(=O)CNC2=O)CC(CO)O1. The molecule has 0 bridgehead atoms. The average molecular weight is 271 g/mol. The van der Waals surface area contributed by atoms with Crippen molar-refractivity contribution in [3.05, 3.63) is 0 Å². The van der Waals surface area contributed by atoms with E-state index in [0.717, 1.165) is 4.90 Å². The van der Waals surface area contributed by atoms with Crippen LogP contribution in [-0.4, -0.2) is 77.7 Å². The number of hydrogen-bond acceptors (Lipinski definition) is 5. The number of morpholine rings is 1. The van der Waals surface area contributed by atoms with Crippen molar-refractivity contribution in [1.29, 1.82) is 0 Å². The minimum Gasteiger partial charge on any atom is -0.394 e. The lowest BCUT2D eigenvalue weighted by molar-refractivity contribution is -0.149. The van der Waals surface area contributed by atoms with E-state index in [4.69, 9.17) is 9.84 Å². The standard InChI is InChI=1S/C11H17N3O5/c1-7-3-13(4-8(6-15)19-7)10(17)5-14-9(16)2-12-11(14)18/h7-8,15H,2-6H2,1H3,(H,12,18). The summed E-state index contributed by atoms with van der Waals surface area (Å²) in [5.74, 6) is -0.725. The van der Waals surface area contributed by atoms with Crippen LogP contribution >= 0.6 is 0 Å². The van der Waals surface area contributed by atoms with Gasteiger partial charge in [0.2, 0.25) is 5.91 Å². The highest BCUT2D eigenvalue weighted by atomic mass is 16.5. The van der Waals surface area contributed by atoms with Crippen LogP contribution in [0.2, 0.25) is 0 Å². The molecule has 2 N–H and O–H groups in total.